The fourth-order valence-corrected chi connectivity index (χ4v) is 2.49. The zero-order valence-corrected chi connectivity index (χ0v) is 17.3. The van der Waals surface area contributed by atoms with E-state index in [1.807, 2.05) is 6.92 Å². The molecule has 0 radical (unpaired) electrons. The Labute approximate surface area is 162 Å². The monoisotopic (exact) mass is 440 g/mol. The summed E-state index contributed by atoms with van der Waals surface area (Å²) in [4.78, 5) is 11.1. The molecule has 168 valence electrons. The van der Waals surface area contributed by atoms with Crippen LogP contribution < -0.4 is 4.57 Å². The van der Waals surface area contributed by atoms with Crippen molar-refractivity contribution in [2.24, 2.45) is 7.05 Å². The van der Waals surface area contributed by atoms with Gasteiger partial charge >= 0.3 is 39.0 Å². The van der Waals surface area contributed by atoms with Gasteiger partial charge in [0.2, 0.25) is 6.33 Å². The summed E-state index contributed by atoms with van der Waals surface area (Å²) in [7, 11) is -8.60. The normalized spacial score (nSPS) is 13.9. The van der Waals surface area contributed by atoms with Gasteiger partial charge in [-0.25, -0.2) is 9.13 Å². The van der Waals surface area contributed by atoms with Gasteiger partial charge in [0.15, 0.2) is 0 Å². The number of carbonyl (C=O) groups excluding carboxylic acids is 1. The number of aromatic nitrogens is 2. The van der Waals surface area contributed by atoms with Crippen LogP contribution in [-0.2, 0) is 23.1 Å². The van der Waals surface area contributed by atoms with Gasteiger partial charge in [-0.15, -0.1) is 0 Å². The van der Waals surface area contributed by atoms with Crippen LogP contribution in [0.15, 0.2) is 18.7 Å². The first kappa shape index (κ1) is 26.7. The second-order valence-corrected chi connectivity index (χ2v) is 8.58. The number of carbonyl (C=O) groups is 1. The Morgan fingerprint density at radius 1 is 0.929 bits per heavy atom. The number of unbranched alkanes of at least 4 members (excludes halogenated alkanes) is 7. The van der Waals surface area contributed by atoms with Gasteiger partial charge in [-0.05, 0) is 26.2 Å². The van der Waals surface area contributed by atoms with Crippen LogP contribution in [0.3, 0.4) is 0 Å². The molecular weight excluding hydrogens is 409 g/mol. The fourth-order valence-electron chi connectivity index (χ4n) is 2.49. The van der Waals surface area contributed by atoms with Crippen molar-refractivity contribution in [2.75, 3.05) is 6.61 Å². The molecule has 1 rings (SSSR count). The minimum atomic E-state index is -10.7. The number of imidazole rings is 1. The molecule has 0 aliphatic carbocycles. The van der Waals surface area contributed by atoms with E-state index in [0.29, 0.717) is 13.0 Å². The Hall–Kier alpha value is -1.31. The summed E-state index contributed by atoms with van der Waals surface area (Å²) in [5.41, 5.74) is 0. The summed E-state index contributed by atoms with van der Waals surface area (Å²) in [6.45, 7) is 3.48. The van der Waals surface area contributed by atoms with E-state index >= 15 is 0 Å². The van der Waals surface area contributed by atoms with Crippen molar-refractivity contribution in [3.8, 4) is 0 Å². The fraction of sp³-hybridized carbons (Fsp3) is 0.765. The van der Waals surface area contributed by atoms with Crippen molar-refractivity contribution in [1.29, 1.82) is 0 Å². The first-order chi connectivity index (χ1) is 12.7. The Bertz CT molecular complexity index is 564. The number of hydrogen-bond acceptors (Lipinski definition) is 2. The second kappa shape index (κ2) is 11.0. The molecule has 0 aliphatic rings. The summed E-state index contributed by atoms with van der Waals surface area (Å²) in [6, 6.07) is 0. The van der Waals surface area contributed by atoms with Gasteiger partial charge in [0, 0.05) is 6.42 Å². The average Bonchev–Trinajstić information content (AvgIpc) is 2.92. The SMILES string of the molecule is CCOC(=O)CCCCCCCCCCn1cc[n+](C)c1.F[P-](F)(F)(F)(F)F. The third kappa shape index (κ3) is 24.7. The van der Waals surface area contributed by atoms with Crippen LogP contribution in [0.25, 0.3) is 0 Å². The molecule has 4 nitrogen and oxygen atoms in total. The van der Waals surface area contributed by atoms with Crippen LogP contribution in [0, 0.1) is 0 Å². The summed E-state index contributed by atoms with van der Waals surface area (Å²) in [5.74, 6) is -0.0455. The van der Waals surface area contributed by atoms with Gasteiger partial charge in [0.25, 0.3) is 0 Å². The number of nitrogens with zero attached hydrogens (tertiary/aromatic N) is 2. The topological polar surface area (TPSA) is 35.1 Å². The maximum absolute atomic E-state index is 11.1. The zero-order valence-electron chi connectivity index (χ0n) is 16.4. The van der Waals surface area contributed by atoms with E-state index in [9.17, 15) is 30.0 Å². The van der Waals surface area contributed by atoms with Crippen molar-refractivity contribution < 1.29 is 39.3 Å². The zero-order chi connectivity index (χ0) is 21.7. The molecule has 0 N–H and O–H groups in total. The molecule has 1 heterocycles. The molecule has 0 spiro atoms. The van der Waals surface area contributed by atoms with Crippen molar-refractivity contribution in [1.82, 2.24) is 4.57 Å². The quantitative estimate of drug-likeness (QED) is 0.118. The molecule has 0 saturated heterocycles. The molecule has 0 fully saturated rings. The van der Waals surface area contributed by atoms with Crippen LogP contribution in [0.4, 0.5) is 25.2 Å². The van der Waals surface area contributed by atoms with Crippen LogP contribution in [-0.4, -0.2) is 17.1 Å². The minimum absolute atomic E-state index is 0.0455. The van der Waals surface area contributed by atoms with E-state index in [0.717, 1.165) is 19.4 Å². The maximum atomic E-state index is 11.1. The van der Waals surface area contributed by atoms with E-state index < -0.39 is 7.81 Å². The van der Waals surface area contributed by atoms with Gasteiger partial charge in [-0.2, -0.15) is 0 Å². The molecule has 11 heteroatoms. The van der Waals surface area contributed by atoms with E-state index in [1.54, 1.807) is 0 Å². The van der Waals surface area contributed by atoms with Gasteiger partial charge in [-0.1, -0.05) is 32.1 Å². The van der Waals surface area contributed by atoms with E-state index in [2.05, 4.69) is 34.9 Å². The molecule has 1 aromatic heterocycles. The van der Waals surface area contributed by atoms with E-state index in [1.165, 1.54) is 38.5 Å². The van der Waals surface area contributed by atoms with Crippen molar-refractivity contribution >= 4 is 13.8 Å². The van der Waals surface area contributed by atoms with Crippen molar-refractivity contribution in [2.45, 2.75) is 71.3 Å². The molecule has 0 atom stereocenters. The van der Waals surface area contributed by atoms with Gasteiger partial charge in [-0.3, -0.25) is 4.79 Å². The first-order valence-electron chi connectivity index (χ1n) is 9.40. The molecule has 0 aromatic carbocycles. The summed E-state index contributed by atoms with van der Waals surface area (Å²) in [6.07, 6.45) is 16.8. The number of ether oxygens (including phenoxy) is 1. The Morgan fingerprint density at radius 3 is 1.82 bits per heavy atom. The van der Waals surface area contributed by atoms with Gasteiger partial charge in [0.1, 0.15) is 12.4 Å². The Balaban J connectivity index is 0.000000887. The molecular formula is C17H31F6N2O2P. The van der Waals surface area contributed by atoms with Crippen LogP contribution in [0.1, 0.15) is 64.7 Å². The van der Waals surface area contributed by atoms with Crippen molar-refractivity contribution in [3.05, 3.63) is 18.7 Å². The van der Waals surface area contributed by atoms with E-state index in [4.69, 9.17) is 4.74 Å². The molecule has 0 amide bonds. The Kier molecular flexibility index (Phi) is 10.5. The predicted molar refractivity (Wildman–Crippen MR) is 97.4 cm³/mol. The van der Waals surface area contributed by atoms with Crippen molar-refractivity contribution in [3.63, 3.8) is 0 Å². The number of aryl methyl sites for hydroxylation is 2. The molecule has 0 aliphatic heterocycles. The van der Waals surface area contributed by atoms with Crippen LogP contribution in [0.2, 0.25) is 0 Å². The number of esters is 1. The molecule has 1 aromatic rings. The summed E-state index contributed by atoms with van der Waals surface area (Å²) in [5, 5.41) is 0. The standard InChI is InChI=1S/C17H31N2O2.F6P/c1-3-21-17(20)12-10-8-6-4-5-7-9-11-13-19-15-14-18(2)16-19;1-7(2,3,4,5)6/h14-16H,3-13H2,1-2H3;/q+1;-1. The Morgan fingerprint density at radius 2 is 1.39 bits per heavy atom. The number of rotatable bonds is 12. The van der Waals surface area contributed by atoms with Gasteiger partial charge < -0.3 is 4.74 Å². The molecule has 28 heavy (non-hydrogen) atoms. The average molecular weight is 440 g/mol. The predicted octanol–water partition coefficient (Wildman–Crippen LogP) is 6.77. The third-order valence-corrected chi connectivity index (χ3v) is 3.68. The summed E-state index contributed by atoms with van der Waals surface area (Å²) >= 11 is 0. The number of halogens is 6. The third-order valence-electron chi connectivity index (χ3n) is 3.68. The molecule has 0 unspecified atom stereocenters. The van der Waals surface area contributed by atoms with Crippen LogP contribution >= 0.6 is 7.81 Å². The van der Waals surface area contributed by atoms with Gasteiger partial charge in [0.05, 0.1) is 20.2 Å². The second-order valence-electron chi connectivity index (χ2n) is 6.66. The van der Waals surface area contributed by atoms with E-state index in [-0.39, 0.29) is 5.97 Å². The molecule has 0 bridgehead atoms. The van der Waals surface area contributed by atoms with Crippen LogP contribution in [0.5, 0.6) is 0 Å². The first-order valence-corrected chi connectivity index (χ1v) is 11.4. The molecule has 0 saturated carbocycles. The number of hydrogen-bond donors (Lipinski definition) is 0. The summed E-state index contributed by atoms with van der Waals surface area (Å²) < 4.78 is 68.4.